The van der Waals surface area contributed by atoms with Crippen molar-refractivity contribution in [1.82, 2.24) is 10.2 Å². The minimum atomic E-state index is -0.0174. The van der Waals surface area contributed by atoms with Crippen LogP contribution in [0.25, 0.3) is 0 Å². The van der Waals surface area contributed by atoms with Gasteiger partial charge in [-0.3, -0.25) is 9.59 Å². The van der Waals surface area contributed by atoms with Gasteiger partial charge < -0.3 is 16.0 Å². The van der Waals surface area contributed by atoms with Crippen molar-refractivity contribution in [3.05, 3.63) is 29.8 Å². The summed E-state index contributed by atoms with van der Waals surface area (Å²) in [5.74, 6) is 0.327. The van der Waals surface area contributed by atoms with E-state index in [1.54, 1.807) is 0 Å². The largest absolute Gasteiger partial charge is 0.353 e. The van der Waals surface area contributed by atoms with Crippen LogP contribution in [0.3, 0.4) is 0 Å². The summed E-state index contributed by atoms with van der Waals surface area (Å²) in [6.45, 7) is 5.27. The summed E-state index contributed by atoms with van der Waals surface area (Å²) >= 11 is 1.41. The molecule has 0 unspecified atom stereocenters. The van der Waals surface area contributed by atoms with Crippen LogP contribution in [0.15, 0.2) is 29.2 Å². The van der Waals surface area contributed by atoms with E-state index in [0.717, 1.165) is 17.7 Å². The first kappa shape index (κ1) is 20.8. The van der Waals surface area contributed by atoms with E-state index in [9.17, 15) is 9.59 Å². The average Bonchev–Trinajstić information content (AvgIpc) is 2.52. The van der Waals surface area contributed by atoms with Gasteiger partial charge in [-0.05, 0) is 38.8 Å². The van der Waals surface area contributed by atoms with Crippen molar-refractivity contribution < 1.29 is 9.59 Å². The van der Waals surface area contributed by atoms with Crippen molar-refractivity contribution in [2.24, 2.45) is 5.73 Å². The third-order valence-corrected chi connectivity index (χ3v) is 4.83. The first-order chi connectivity index (χ1) is 11.0. The van der Waals surface area contributed by atoms with E-state index < -0.39 is 0 Å². The van der Waals surface area contributed by atoms with Gasteiger partial charge in [-0.25, -0.2) is 0 Å². The number of halogens is 1. The van der Waals surface area contributed by atoms with E-state index in [0.29, 0.717) is 24.4 Å². The van der Waals surface area contributed by atoms with Gasteiger partial charge in [-0.15, -0.1) is 24.2 Å². The molecule has 134 valence electrons. The Balaban J connectivity index is 0.00000288. The van der Waals surface area contributed by atoms with Crippen LogP contribution in [0, 0.1) is 0 Å². The number of rotatable bonds is 5. The smallest absolute Gasteiger partial charge is 0.254 e. The van der Waals surface area contributed by atoms with Gasteiger partial charge in [0.25, 0.3) is 5.91 Å². The lowest BCUT2D eigenvalue weighted by Gasteiger charge is -2.30. The molecule has 2 rings (SSSR count). The maximum atomic E-state index is 12.7. The number of nitrogens with one attached hydrogen (secondary N) is 1. The number of carbonyl (C=O) groups excluding carboxylic acids is 2. The Morgan fingerprint density at radius 2 is 1.92 bits per heavy atom. The number of piperidine rings is 1. The molecule has 1 aromatic carbocycles. The fourth-order valence-electron chi connectivity index (χ4n) is 2.55. The van der Waals surface area contributed by atoms with E-state index >= 15 is 0 Å². The number of thioether (sulfide) groups is 1. The minimum Gasteiger partial charge on any atom is -0.353 e. The maximum absolute atomic E-state index is 12.7. The molecule has 24 heavy (non-hydrogen) atoms. The van der Waals surface area contributed by atoms with Gasteiger partial charge >= 0.3 is 0 Å². The summed E-state index contributed by atoms with van der Waals surface area (Å²) in [5.41, 5.74) is 6.57. The summed E-state index contributed by atoms with van der Waals surface area (Å²) in [4.78, 5) is 27.2. The second kappa shape index (κ2) is 9.91. The van der Waals surface area contributed by atoms with Gasteiger partial charge in [0.05, 0.1) is 11.3 Å². The van der Waals surface area contributed by atoms with Crippen LogP contribution in [0.5, 0.6) is 0 Å². The van der Waals surface area contributed by atoms with Crippen LogP contribution in [-0.4, -0.2) is 47.6 Å². The lowest BCUT2D eigenvalue weighted by atomic mass is 10.0. The molecule has 1 heterocycles. The van der Waals surface area contributed by atoms with Gasteiger partial charge in [0.2, 0.25) is 5.91 Å². The van der Waals surface area contributed by atoms with Gasteiger partial charge in [-0.1, -0.05) is 12.1 Å². The van der Waals surface area contributed by atoms with Crippen molar-refractivity contribution in [3.63, 3.8) is 0 Å². The van der Waals surface area contributed by atoms with Gasteiger partial charge in [0.1, 0.15) is 0 Å². The van der Waals surface area contributed by atoms with Gasteiger partial charge in [-0.2, -0.15) is 0 Å². The van der Waals surface area contributed by atoms with E-state index in [1.165, 1.54) is 11.8 Å². The second-order valence-corrected chi connectivity index (χ2v) is 7.15. The van der Waals surface area contributed by atoms with Crippen LogP contribution in [0.2, 0.25) is 0 Å². The third-order valence-electron chi connectivity index (χ3n) is 3.75. The molecular formula is C17H26ClN3O2S. The normalized spacial score (nSPS) is 15.1. The molecule has 0 radical (unpaired) electrons. The van der Waals surface area contributed by atoms with E-state index in [2.05, 4.69) is 5.32 Å². The summed E-state index contributed by atoms with van der Waals surface area (Å²) in [6, 6.07) is 7.81. The predicted molar refractivity (Wildman–Crippen MR) is 101 cm³/mol. The first-order valence-corrected chi connectivity index (χ1v) is 9.02. The molecule has 1 aliphatic rings. The lowest BCUT2D eigenvalue weighted by molar-refractivity contribution is -0.119. The van der Waals surface area contributed by atoms with Crippen LogP contribution in [0.1, 0.15) is 37.0 Å². The Labute approximate surface area is 154 Å². The Morgan fingerprint density at radius 3 is 2.54 bits per heavy atom. The molecule has 1 fully saturated rings. The molecule has 1 aromatic rings. The van der Waals surface area contributed by atoms with Crippen LogP contribution < -0.4 is 11.1 Å². The highest BCUT2D eigenvalue weighted by Crippen LogP contribution is 2.24. The Hall–Kier alpha value is -1.24. The number of hydrogen-bond donors (Lipinski definition) is 2. The highest BCUT2D eigenvalue weighted by atomic mass is 35.5. The number of nitrogens with zero attached hydrogens (tertiary/aromatic N) is 1. The first-order valence-electron chi connectivity index (χ1n) is 8.03. The molecule has 0 saturated carbocycles. The van der Waals surface area contributed by atoms with Crippen LogP contribution >= 0.6 is 24.2 Å². The second-order valence-electron chi connectivity index (χ2n) is 6.14. The Bertz CT molecular complexity index is 561. The fourth-order valence-corrected chi connectivity index (χ4v) is 3.40. The van der Waals surface area contributed by atoms with Crippen molar-refractivity contribution in [3.8, 4) is 0 Å². The lowest BCUT2D eigenvalue weighted by Crippen LogP contribution is -2.43. The van der Waals surface area contributed by atoms with Crippen molar-refractivity contribution in [2.75, 3.05) is 18.8 Å². The summed E-state index contributed by atoms with van der Waals surface area (Å²) in [5, 5.41) is 2.86. The number of likely N-dealkylation sites (tertiary alicyclic amines) is 1. The highest BCUT2D eigenvalue weighted by Gasteiger charge is 2.23. The summed E-state index contributed by atoms with van der Waals surface area (Å²) in [6.07, 6.45) is 1.69. The number of carbonyl (C=O) groups is 2. The molecule has 5 nitrogen and oxygen atoms in total. The zero-order valence-electron chi connectivity index (χ0n) is 14.2. The molecule has 0 spiro atoms. The van der Waals surface area contributed by atoms with Crippen LogP contribution in [0.4, 0.5) is 0 Å². The minimum absolute atomic E-state index is 0. The SMILES string of the molecule is CC(C)NC(=O)CSc1ccccc1C(=O)N1CCC(N)CC1.Cl. The van der Waals surface area contributed by atoms with Crippen molar-refractivity contribution in [2.45, 2.75) is 43.7 Å². The van der Waals surface area contributed by atoms with E-state index in [4.69, 9.17) is 5.73 Å². The molecular weight excluding hydrogens is 346 g/mol. The number of nitrogens with two attached hydrogens (primary N) is 1. The number of hydrogen-bond acceptors (Lipinski definition) is 4. The monoisotopic (exact) mass is 371 g/mol. The average molecular weight is 372 g/mol. The summed E-state index contributed by atoms with van der Waals surface area (Å²) < 4.78 is 0. The zero-order valence-corrected chi connectivity index (χ0v) is 15.8. The van der Waals surface area contributed by atoms with Gasteiger partial charge in [0, 0.05) is 30.1 Å². The zero-order chi connectivity index (χ0) is 16.8. The molecule has 0 atom stereocenters. The predicted octanol–water partition coefficient (Wildman–Crippen LogP) is 2.29. The highest BCUT2D eigenvalue weighted by molar-refractivity contribution is 8.00. The molecule has 1 aliphatic heterocycles. The van der Waals surface area contributed by atoms with Gasteiger partial charge in [0.15, 0.2) is 0 Å². The van der Waals surface area contributed by atoms with Crippen molar-refractivity contribution >= 4 is 36.0 Å². The molecule has 0 aromatic heterocycles. The van der Waals surface area contributed by atoms with Crippen molar-refractivity contribution in [1.29, 1.82) is 0 Å². The summed E-state index contributed by atoms with van der Waals surface area (Å²) in [7, 11) is 0. The number of amides is 2. The number of benzene rings is 1. The molecule has 1 saturated heterocycles. The van der Waals surface area contributed by atoms with E-state index in [-0.39, 0.29) is 36.3 Å². The van der Waals surface area contributed by atoms with Crippen LogP contribution in [-0.2, 0) is 4.79 Å². The molecule has 0 aliphatic carbocycles. The maximum Gasteiger partial charge on any atom is 0.254 e. The molecule has 2 amide bonds. The topological polar surface area (TPSA) is 75.4 Å². The standard InChI is InChI=1S/C17H25N3O2S.ClH/c1-12(2)19-16(21)11-23-15-6-4-3-5-14(15)17(22)20-9-7-13(18)8-10-20;/h3-6,12-13H,7-11,18H2,1-2H3,(H,19,21);1H. The third kappa shape index (κ3) is 6.00. The molecule has 0 bridgehead atoms. The van der Waals surface area contributed by atoms with E-state index in [1.807, 2.05) is 43.0 Å². The molecule has 7 heteroatoms. The quantitative estimate of drug-likeness (QED) is 0.778. The fraction of sp³-hybridized carbons (Fsp3) is 0.529. The molecule has 3 N–H and O–H groups in total. The Morgan fingerprint density at radius 1 is 1.29 bits per heavy atom. The Kier molecular flexibility index (Phi) is 8.59.